The van der Waals surface area contributed by atoms with Crippen molar-refractivity contribution in [2.75, 3.05) is 0 Å². The molecule has 0 radical (unpaired) electrons. The fourth-order valence-corrected chi connectivity index (χ4v) is 1.66. The molecule has 0 aliphatic carbocycles. The average molecular weight is 267 g/mol. The van der Waals surface area contributed by atoms with E-state index in [1.165, 1.54) is 16.7 Å². The molecule has 1 aromatic heterocycles. The normalized spacial score (nSPS) is 10.6. The van der Waals surface area contributed by atoms with Crippen molar-refractivity contribution in [1.82, 2.24) is 10.2 Å². The van der Waals surface area contributed by atoms with Crippen LogP contribution in [0.4, 0.5) is 0 Å². The van der Waals surface area contributed by atoms with Crippen LogP contribution < -0.4 is 0 Å². The predicted molar refractivity (Wildman–Crippen MR) is 60.7 cm³/mol. The van der Waals surface area contributed by atoms with Crippen LogP contribution in [0.3, 0.4) is 0 Å². The molecule has 0 unspecified atom stereocenters. The number of aryl methyl sites for hydroxylation is 2. The molecule has 78 valence electrons. The van der Waals surface area contributed by atoms with Crippen molar-refractivity contribution >= 4 is 15.9 Å². The highest BCUT2D eigenvalue weighted by Crippen LogP contribution is 2.14. The van der Waals surface area contributed by atoms with Crippen molar-refractivity contribution in [2.45, 2.75) is 20.3 Å². The standard InChI is InChI=1S/C11H11BrN2O/c1-7-3-4-9(5-8(7)2)6-10-13-14-11(12)15-10/h3-5H,6H2,1-2H3. The number of aromatic nitrogens is 2. The van der Waals surface area contributed by atoms with E-state index in [1.54, 1.807) is 0 Å². The van der Waals surface area contributed by atoms with E-state index in [0.29, 0.717) is 17.1 Å². The Morgan fingerprint density at radius 1 is 1.20 bits per heavy atom. The van der Waals surface area contributed by atoms with Gasteiger partial charge in [-0.05, 0) is 30.5 Å². The highest BCUT2D eigenvalue weighted by atomic mass is 79.9. The van der Waals surface area contributed by atoms with Gasteiger partial charge in [-0.3, -0.25) is 0 Å². The first-order valence-corrected chi connectivity index (χ1v) is 5.48. The van der Waals surface area contributed by atoms with Gasteiger partial charge in [0, 0.05) is 15.9 Å². The summed E-state index contributed by atoms with van der Waals surface area (Å²) in [5.74, 6) is 0.630. The van der Waals surface area contributed by atoms with Crippen LogP contribution in [0.25, 0.3) is 0 Å². The quantitative estimate of drug-likeness (QED) is 0.839. The summed E-state index contributed by atoms with van der Waals surface area (Å²) in [5.41, 5.74) is 3.77. The third kappa shape index (κ3) is 2.45. The summed E-state index contributed by atoms with van der Waals surface area (Å²) < 4.78 is 5.25. The maximum Gasteiger partial charge on any atom is 0.284 e. The van der Waals surface area contributed by atoms with E-state index < -0.39 is 0 Å². The van der Waals surface area contributed by atoms with E-state index >= 15 is 0 Å². The SMILES string of the molecule is Cc1ccc(Cc2nnc(Br)o2)cc1C. The van der Waals surface area contributed by atoms with Crippen LogP contribution in [0.15, 0.2) is 27.4 Å². The summed E-state index contributed by atoms with van der Waals surface area (Å²) >= 11 is 3.13. The lowest BCUT2D eigenvalue weighted by atomic mass is 10.0. The van der Waals surface area contributed by atoms with E-state index in [2.05, 4.69) is 58.2 Å². The number of nitrogens with zero attached hydrogens (tertiary/aromatic N) is 2. The Bertz CT molecular complexity index is 479. The number of halogens is 1. The molecule has 0 aliphatic heterocycles. The predicted octanol–water partition coefficient (Wildman–Crippen LogP) is 3.04. The van der Waals surface area contributed by atoms with Crippen LogP contribution in [0.5, 0.6) is 0 Å². The molecule has 1 heterocycles. The Kier molecular flexibility index (Phi) is 2.86. The minimum atomic E-state index is 0.432. The smallest absolute Gasteiger partial charge is 0.284 e. The molecule has 4 heteroatoms. The highest BCUT2D eigenvalue weighted by molar-refractivity contribution is 9.10. The summed E-state index contributed by atoms with van der Waals surface area (Å²) in [6.07, 6.45) is 0.680. The molecular formula is C11H11BrN2O. The van der Waals surface area contributed by atoms with Crippen LogP contribution in [-0.2, 0) is 6.42 Å². The number of rotatable bonds is 2. The van der Waals surface area contributed by atoms with Gasteiger partial charge < -0.3 is 4.42 Å². The zero-order chi connectivity index (χ0) is 10.8. The van der Waals surface area contributed by atoms with Gasteiger partial charge in [0.2, 0.25) is 5.89 Å². The van der Waals surface area contributed by atoms with E-state index in [4.69, 9.17) is 4.42 Å². The van der Waals surface area contributed by atoms with Crippen LogP contribution in [-0.4, -0.2) is 10.2 Å². The molecule has 1 aromatic carbocycles. The van der Waals surface area contributed by atoms with E-state index in [9.17, 15) is 0 Å². The van der Waals surface area contributed by atoms with E-state index in [0.717, 1.165) is 0 Å². The second-order valence-corrected chi connectivity index (χ2v) is 4.22. The van der Waals surface area contributed by atoms with Crippen LogP contribution in [0.1, 0.15) is 22.6 Å². The summed E-state index contributed by atoms with van der Waals surface area (Å²) in [6, 6.07) is 6.34. The van der Waals surface area contributed by atoms with E-state index in [1.807, 2.05) is 0 Å². The molecule has 0 aliphatic rings. The van der Waals surface area contributed by atoms with Gasteiger partial charge >= 0.3 is 0 Å². The molecule has 0 fully saturated rings. The monoisotopic (exact) mass is 266 g/mol. The Hall–Kier alpha value is -1.16. The summed E-state index contributed by atoms with van der Waals surface area (Å²) in [7, 11) is 0. The third-order valence-corrected chi connectivity index (χ3v) is 2.69. The minimum absolute atomic E-state index is 0.432. The van der Waals surface area contributed by atoms with Gasteiger partial charge in [0.15, 0.2) is 0 Å². The van der Waals surface area contributed by atoms with Gasteiger partial charge in [0.1, 0.15) is 0 Å². The first-order valence-electron chi connectivity index (χ1n) is 4.69. The molecule has 15 heavy (non-hydrogen) atoms. The zero-order valence-corrected chi connectivity index (χ0v) is 10.2. The van der Waals surface area contributed by atoms with Crippen molar-refractivity contribution in [1.29, 1.82) is 0 Å². The first kappa shape index (κ1) is 10.4. The summed E-state index contributed by atoms with van der Waals surface area (Å²) in [6.45, 7) is 4.20. The Labute approximate surface area is 96.7 Å². The molecular weight excluding hydrogens is 256 g/mol. The molecule has 0 saturated carbocycles. The fraction of sp³-hybridized carbons (Fsp3) is 0.273. The Morgan fingerprint density at radius 3 is 2.60 bits per heavy atom. The van der Waals surface area contributed by atoms with Crippen LogP contribution in [0.2, 0.25) is 0 Å². The number of hydrogen-bond donors (Lipinski definition) is 0. The Morgan fingerprint density at radius 2 is 2.00 bits per heavy atom. The second kappa shape index (κ2) is 4.14. The molecule has 2 aromatic rings. The molecule has 0 spiro atoms. The fourth-order valence-electron chi connectivity index (χ4n) is 1.39. The maximum absolute atomic E-state index is 5.25. The summed E-state index contributed by atoms with van der Waals surface area (Å²) in [4.78, 5) is 0.432. The highest BCUT2D eigenvalue weighted by Gasteiger charge is 2.05. The van der Waals surface area contributed by atoms with Gasteiger partial charge in [0.25, 0.3) is 4.80 Å². The lowest BCUT2D eigenvalue weighted by Crippen LogP contribution is -1.90. The van der Waals surface area contributed by atoms with E-state index in [-0.39, 0.29) is 0 Å². The minimum Gasteiger partial charge on any atom is -0.415 e. The van der Waals surface area contributed by atoms with Crippen molar-refractivity contribution in [2.24, 2.45) is 0 Å². The second-order valence-electron chi connectivity index (χ2n) is 3.54. The summed E-state index contributed by atoms with van der Waals surface area (Å²) in [5, 5.41) is 7.65. The molecule has 2 rings (SSSR count). The van der Waals surface area contributed by atoms with Gasteiger partial charge in [-0.15, -0.1) is 10.2 Å². The van der Waals surface area contributed by atoms with Crippen molar-refractivity contribution in [3.05, 3.63) is 45.6 Å². The van der Waals surface area contributed by atoms with Gasteiger partial charge in [0.05, 0.1) is 6.42 Å². The number of benzene rings is 1. The topological polar surface area (TPSA) is 38.9 Å². The maximum atomic E-state index is 5.25. The third-order valence-electron chi connectivity index (χ3n) is 2.37. The molecule has 0 N–H and O–H groups in total. The molecule has 0 bridgehead atoms. The lowest BCUT2D eigenvalue weighted by Gasteiger charge is -2.02. The van der Waals surface area contributed by atoms with Crippen molar-refractivity contribution in [3.63, 3.8) is 0 Å². The van der Waals surface area contributed by atoms with Crippen LogP contribution in [0, 0.1) is 13.8 Å². The zero-order valence-electron chi connectivity index (χ0n) is 8.62. The molecule has 0 saturated heterocycles. The van der Waals surface area contributed by atoms with Crippen molar-refractivity contribution < 1.29 is 4.42 Å². The van der Waals surface area contributed by atoms with Crippen molar-refractivity contribution in [3.8, 4) is 0 Å². The molecule has 0 amide bonds. The van der Waals surface area contributed by atoms with Gasteiger partial charge in [-0.1, -0.05) is 18.2 Å². The van der Waals surface area contributed by atoms with Crippen LogP contribution >= 0.6 is 15.9 Å². The number of hydrogen-bond acceptors (Lipinski definition) is 3. The van der Waals surface area contributed by atoms with Gasteiger partial charge in [-0.25, -0.2) is 0 Å². The molecule has 3 nitrogen and oxygen atoms in total. The first-order chi connectivity index (χ1) is 7.15. The lowest BCUT2D eigenvalue weighted by molar-refractivity contribution is 0.482. The van der Waals surface area contributed by atoms with Gasteiger partial charge in [-0.2, -0.15) is 0 Å². The average Bonchev–Trinajstić information content (AvgIpc) is 2.58. The largest absolute Gasteiger partial charge is 0.415 e. The molecule has 0 atom stereocenters. The Balaban J connectivity index is 2.21.